The van der Waals surface area contributed by atoms with Crippen LogP contribution in [0, 0.1) is 3.57 Å². The van der Waals surface area contributed by atoms with Crippen LogP contribution in [0.25, 0.3) is 44.5 Å². The third kappa shape index (κ3) is 1.82. The first-order valence-electron chi connectivity index (χ1n) is 7.39. The van der Waals surface area contributed by atoms with E-state index < -0.39 is 0 Å². The van der Waals surface area contributed by atoms with Crippen molar-refractivity contribution in [3.05, 3.63) is 69.5 Å². The van der Waals surface area contributed by atoms with Crippen molar-refractivity contribution in [3.8, 4) is 0 Å². The molecular formula is C21H15I. The van der Waals surface area contributed by atoms with Gasteiger partial charge >= 0.3 is 0 Å². The lowest BCUT2D eigenvalue weighted by Crippen LogP contribution is -2.03. The van der Waals surface area contributed by atoms with Gasteiger partial charge < -0.3 is 0 Å². The first-order chi connectivity index (χ1) is 10.7. The molecule has 1 heteroatoms. The van der Waals surface area contributed by atoms with Crippen LogP contribution < -0.4 is 5.22 Å². The number of rotatable bonds is 1. The molecule has 0 aliphatic heterocycles. The van der Waals surface area contributed by atoms with Gasteiger partial charge in [0.2, 0.25) is 0 Å². The first-order valence-corrected chi connectivity index (χ1v) is 8.47. The van der Waals surface area contributed by atoms with Crippen molar-refractivity contribution in [3.63, 3.8) is 0 Å². The van der Waals surface area contributed by atoms with Crippen molar-refractivity contribution < 1.29 is 0 Å². The van der Waals surface area contributed by atoms with Crippen molar-refractivity contribution in [1.82, 2.24) is 0 Å². The van der Waals surface area contributed by atoms with Gasteiger partial charge in [0.15, 0.2) is 0 Å². The normalized spacial score (nSPS) is 12.5. The maximum atomic E-state index is 4.09. The number of hydrogen-bond acceptors (Lipinski definition) is 0. The zero-order valence-electron chi connectivity index (χ0n) is 12.4. The van der Waals surface area contributed by atoms with E-state index in [-0.39, 0.29) is 0 Å². The van der Waals surface area contributed by atoms with E-state index in [9.17, 15) is 0 Å². The number of hydrogen-bond donors (Lipinski definition) is 0. The quantitative estimate of drug-likeness (QED) is 0.214. The van der Waals surface area contributed by atoms with Gasteiger partial charge in [0.1, 0.15) is 0 Å². The van der Waals surface area contributed by atoms with Crippen LogP contribution in [0.4, 0.5) is 0 Å². The third-order valence-corrected chi connectivity index (χ3v) is 5.03. The highest BCUT2D eigenvalue weighted by Crippen LogP contribution is 2.37. The Morgan fingerprint density at radius 2 is 1.64 bits per heavy atom. The van der Waals surface area contributed by atoms with Crippen molar-refractivity contribution in [1.29, 1.82) is 0 Å². The highest BCUT2D eigenvalue weighted by Gasteiger charge is 2.12. The molecule has 4 aromatic rings. The molecule has 106 valence electrons. The van der Waals surface area contributed by atoms with Crippen LogP contribution in [-0.4, -0.2) is 0 Å². The Bertz CT molecular complexity index is 1100. The summed E-state index contributed by atoms with van der Waals surface area (Å²) in [6.45, 7) is 6.19. The highest BCUT2D eigenvalue weighted by atomic mass is 127. The van der Waals surface area contributed by atoms with Gasteiger partial charge in [-0.15, -0.1) is 0 Å². The van der Waals surface area contributed by atoms with E-state index in [0.29, 0.717) is 0 Å². The zero-order chi connectivity index (χ0) is 15.3. The molecule has 0 heterocycles. The summed E-state index contributed by atoms with van der Waals surface area (Å²) in [7, 11) is 0. The van der Waals surface area contributed by atoms with Gasteiger partial charge in [-0.25, -0.2) is 0 Å². The summed E-state index contributed by atoms with van der Waals surface area (Å²) in [5.74, 6) is 0. The largest absolute Gasteiger partial charge is 0.0984 e. The molecule has 0 bridgehead atoms. The summed E-state index contributed by atoms with van der Waals surface area (Å²) < 4.78 is 1.26. The molecule has 0 N–H and O–H groups in total. The predicted molar refractivity (Wildman–Crippen MR) is 107 cm³/mol. The minimum atomic E-state index is 1.24. The fraction of sp³-hybridized carbons (Fsp3) is 0.0476. The van der Waals surface area contributed by atoms with Crippen LogP contribution in [0.1, 0.15) is 12.5 Å². The molecule has 0 radical (unpaired) electrons. The molecule has 4 rings (SSSR count). The second kappa shape index (κ2) is 5.10. The van der Waals surface area contributed by atoms with E-state index in [1.807, 2.05) is 6.08 Å². The van der Waals surface area contributed by atoms with E-state index in [1.165, 1.54) is 46.7 Å². The smallest absolute Gasteiger partial charge is 0.0142 e. The summed E-state index contributed by atoms with van der Waals surface area (Å²) >= 11 is 2.40. The van der Waals surface area contributed by atoms with Gasteiger partial charge in [-0.2, -0.15) is 0 Å². The Hall–Kier alpha value is -1.87. The highest BCUT2D eigenvalue weighted by molar-refractivity contribution is 14.1. The number of halogens is 1. The van der Waals surface area contributed by atoms with Crippen LogP contribution in [0.3, 0.4) is 0 Å². The van der Waals surface area contributed by atoms with Crippen molar-refractivity contribution in [2.45, 2.75) is 6.92 Å². The summed E-state index contributed by atoms with van der Waals surface area (Å²) in [6, 6.07) is 17.7. The average molecular weight is 394 g/mol. The Kier molecular flexibility index (Phi) is 3.19. The molecule has 0 unspecified atom stereocenters. The Balaban J connectivity index is 2.50. The van der Waals surface area contributed by atoms with Crippen LogP contribution >= 0.6 is 22.6 Å². The molecule has 0 saturated carbocycles. The van der Waals surface area contributed by atoms with Gasteiger partial charge in [0.25, 0.3) is 0 Å². The van der Waals surface area contributed by atoms with E-state index in [0.717, 1.165) is 0 Å². The maximum Gasteiger partial charge on any atom is 0.0142 e. The SMILES string of the molecule is C=Cc1c2cc(I)cc3cccc(c4ccc/c(=C/C)c14)c32. The predicted octanol–water partition coefficient (Wildman–Crippen LogP) is 5.91. The molecule has 0 aliphatic rings. The Labute approximate surface area is 143 Å². The minimum absolute atomic E-state index is 1.24. The van der Waals surface area contributed by atoms with Crippen molar-refractivity contribution in [2.24, 2.45) is 0 Å². The second-order valence-electron chi connectivity index (χ2n) is 5.53. The van der Waals surface area contributed by atoms with Crippen LogP contribution in [0.5, 0.6) is 0 Å². The molecule has 4 aromatic carbocycles. The Morgan fingerprint density at radius 1 is 0.909 bits per heavy atom. The van der Waals surface area contributed by atoms with E-state index in [2.05, 4.69) is 90.7 Å². The first kappa shape index (κ1) is 13.8. The van der Waals surface area contributed by atoms with Gasteiger partial charge in [-0.1, -0.05) is 55.1 Å². The number of benzene rings is 4. The lowest BCUT2D eigenvalue weighted by molar-refractivity contribution is 1.66. The monoisotopic (exact) mass is 394 g/mol. The lowest BCUT2D eigenvalue weighted by atomic mass is 9.90. The van der Waals surface area contributed by atoms with Crippen molar-refractivity contribution in [2.75, 3.05) is 0 Å². The molecule has 0 saturated heterocycles. The molecule has 0 spiro atoms. The fourth-order valence-corrected chi connectivity index (χ4v) is 4.16. The molecule has 0 amide bonds. The molecule has 0 atom stereocenters. The van der Waals surface area contributed by atoms with Crippen LogP contribution in [0.15, 0.2) is 55.1 Å². The second-order valence-corrected chi connectivity index (χ2v) is 6.78. The zero-order valence-corrected chi connectivity index (χ0v) is 14.5. The standard InChI is InChI=1S/C21H15I/c1-3-13-7-5-9-17-18-10-6-8-14-11-15(22)12-19(21(14)18)16(4-2)20(13)17/h3-12H,2H2,1H3/b13-3-. The molecule has 22 heavy (non-hydrogen) atoms. The van der Waals surface area contributed by atoms with Crippen molar-refractivity contribution >= 4 is 67.1 Å². The van der Waals surface area contributed by atoms with E-state index in [1.54, 1.807) is 0 Å². The van der Waals surface area contributed by atoms with E-state index >= 15 is 0 Å². The molecule has 0 aliphatic carbocycles. The summed E-state index contributed by atoms with van der Waals surface area (Å²) in [5.41, 5.74) is 1.24. The summed E-state index contributed by atoms with van der Waals surface area (Å²) in [6.07, 6.45) is 4.19. The Morgan fingerprint density at radius 3 is 2.36 bits per heavy atom. The van der Waals surface area contributed by atoms with Gasteiger partial charge in [0, 0.05) is 3.57 Å². The average Bonchev–Trinajstić information content (AvgIpc) is 2.54. The van der Waals surface area contributed by atoms with Gasteiger partial charge in [-0.3, -0.25) is 0 Å². The molecular weight excluding hydrogens is 379 g/mol. The summed E-state index contributed by atoms with van der Waals surface area (Å²) in [4.78, 5) is 0. The molecule has 0 aromatic heterocycles. The van der Waals surface area contributed by atoms with Crippen LogP contribution in [-0.2, 0) is 0 Å². The van der Waals surface area contributed by atoms with Crippen LogP contribution in [0.2, 0.25) is 0 Å². The number of fused-ring (bicyclic) bond motifs is 2. The fourth-order valence-electron chi connectivity index (χ4n) is 3.51. The van der Waals surface area contributed by atoms with Gasteiger partial charge in [-0.05, 0) is 84.7 Å². The molecule has 0 fully saturated rings. The maximum absolute atomic E-state index is 4.09. The topological polar surface area (TPSA) is 0 Å². The lowest BCUT2D eigenvalue weighted by Gasteiger charge is -2.14. The minimum Gasteiger partial charge on any atom is -0.0984 e. The van der Waals surface area contributed by atoms with E-state index in [4.69, 9.17) is 0 Å². The third-order valence-electron chi connectivity index (χ3n) is 4.40. The van der Waals surface area contributed by atoms with Gasteiger partial charge in [0.05, 0.1) is 0 Å². The summed E-state index contributed by atoms with van der Waals surface area (Å²) in [5, 5.41) is 9.16. The molecule has 0 nitrogen and oxygen atoms in total.